The fraction of sp³-hybridized carbons (Fsp3) is 0.0667. The molecule has 0 aliphatic heterocycles. The van der Waals surface area contributed by atoms with Gasteiger partial charge in [-0.1, -0.05) is 111 Å². The molecule has 0 atom stereocenters. The molecule has 2 heterocycles. The SMILES string of the molecule is CC1(C)c2ccccc2-c2ccc(N(c3ccc4c5ccccc5n(-c5ccccc5)c4c3)c3cccc4sc5ccccc5c34)cc21. The van der Waals surface area contributed by atoms with E-state index in [9.17, 15) is 0 Å². The van der Waals surface area contributed by atoms with Crippen molar-refractivity contribution in [1.29, 1.82) is 0 Å². The summed E-state index contributed by atoms with van der Waals surface area (Å²) < 4.78 is 5.02. The van der Waals surface area contributed by atoms with Gasteiger partial charge in [0.25, 0.3) is 0 Å². The number of benzene rings is 7. The van der Waals surface area contributed by atoms with E-state index in [1.165, 1.54) is 75.6 Å². The van der Waals surface area contributed by atoms with E-state index in [0.717, 1.165) is 11.4 Å². The van der Waals surface area contributed by atoms with Crippen LogP contribution in [0, 0.1) is 0 Å². The fourth-order valence-electron chi connectivity index (χ4n) is 8.15. The van der Waals surface area contributed by atoms with E-state index in [2.05, 4.69) is 181 Å². The van der Waals surface area contributed by atoms with Crippen LogP contribution < -0.4 is 4.90 Å². The molecule has 228 valence electrons. The van der Waals surface area contributed by atoms with Crippen molar-refractivity contribution in [2.24, 2.45) is 0 Å². The van der Waals surface area contributed by atoms with E-state index in [1.54, 1.807) is 0 Å². The number of rotatable bonds is 4. The molecule has 2 nitrogen and oxygen atoms in total. The van der Waals surface area contributed by atoms with E-state index in [4.69, 9.17) is 0 Å². The maximum Gasteiger partial charge on any atom is 0.0561 e. The third kappa shape index (κ3) is 3.85. The van der Waals surface area contributed by atoms with Crippen molar-refractivity contribution >= 4 is 70.4 Å². The normalized spacial score (nSPS) is 13.4. The van der Waals surface area contributed by atoms with Crippen LogP contribution in [-0.4, -0.2) is 4.57 Å². The van der Waals surface area contributed by atoms with E-state index < -0.39 is 0 Å². The zero-order chi connectivity index (χ0) is 32.0. The molecule has 2 aromatic heterocycles. The van der Waals surface area contributed by atoms with Crippen LogP contribution in [0.1, 0.15) is 25.0 Å². The molecular formula is C45H32N2S. The molecule has 0 saturated heterocycles. The van der Waals surface area contributed by atoms with Gasteiger partial charge in [0.2, 0.25) is 0 Å². The lowest BCUT2D eigenvalue weighted by Crippen LogP contribution is -2.16. The van der Waals surface area contributed by atoms with Crippen LogP contribution in [0.4, 0.5) is 17.1 Å². The second kappa shape index (κ2) is 10.2. The van der Waals surface area contributed by atoms with Gasteiger partial charge in [-0.15, -0.1) is 11.3 Å². The number of para-hydroxylation sites is 2. The first-order valence-corrected chi connectivity index (χ1v) is 17.4. The second-order valence-corrected chi connectivity index (χ2v) is 14.5. The molecular weight excluding hydrogens is 601 g/mol. The van der Waals surface area contributed by atoms with Gasteiger partial charge in [-0.2, -0.15) is 0 Å². The monoisotopic (exact) mass is 632 g/mol. The first-order chi connectivity index (χ1) is 23.6. The van der Waals surface area contributed by atoms with Crippen molar-refractivity contribution in [1.82, 2.24) is 4.57 Å². The number of hydrogen-bond donors (Lipinski definition) is 0. The van der Waals surface area contributed by atoms with E-state index in [0.29, 0.717) is 0 Å². The first-order valence-electron chi connectivity index (χ1n) is 16.6. The quantitative estimate of drug-likeness (QED) is 0.187. The van der Waals surface area contributed by atoms with Gasteiger partial charge in [0.1, 0.15) is 0 Å². The zero-order valence-electron chi connectivity index (χ0n) is 26.8. The number of aromatic nitrogens is 1. The minimum atomic E-state index is -0.0988. The summed E-state index contributed by atoms with van der Waals surface area (Å²) in [6, 6.07) is 58.1. The summed E-state index contributed by atoms with van der Waals surface area (Å²) in [5, 5.41) is 5.11. The molecule has 0 saturated carbocycles. The van der Waals surface area contributed by atoms with Gasteiger partial charge >= 0.3 is 0 Å². The Kier molecular flexibility index (Phi) is 5.82. The van der Waals surface area contributed by atoms with Gasteiger partial charge in [0.05, 0.1) is 16.7 Å². The third-order valence-electron chi connectivity index (χ3n) is 10.4. The van der Waals surface area contributed by atoms with Crippen LogP contribution in [0.5, 0.6) is 0 Å². The lowest BCUT2D eigenvalue weighted by molar-refractivity contribution is 0.660. The summed E-state index contributed by atoms with van der Waals surface area (Å²) in [7, 11) is 0. The molecule has 0 bridgehead atoms. The Morgan fingerprint density at radius 1 is 0.500 bits per heavy atom. The van der Waals surface area contributed by atoms with Gasteiger partial charge in [-0.25, -0.2) is 0 Å². The highest BCUT2D eigenvalue weighted by Crippen LogP contribution is 2.52. The smallest absolute Gasteiger partial charge is 0.0561 e. The average molecular weight is 633 g/mol. The Morgan fingerprint density at radius 3 is 2.06 bits per heavy atom. The van der Waals surface area contributed by atoms with Gasteiger partial charge < -0.3 is 9.47 Å². The van der Waals surface area contributed by atoms with Crippen LogP contribution in [0.2, 0.25) is 0 Å². The van der Waals surface area contributed by atoms with Gasteiger partial charge in [0.15, 0.2) is 0 Å². The zero-order valence-corrected chi connectivity index (χ0v) is 27.6. The van der Waals surface area contributed by atoms with Crippen LogP contribution >= 0.6 is 11.3 Å². The molecule has 7 aromatic carbocycles. The fourth-order valence-corrected chi connectivity index (χ4v) is 9.28. The van der Waals surface area contributed by atoms with Crippen LogP contribution in [0.25, 0.3) is 58.8 Å². The molecule has 0 N–H and O–H groups in total. The van der Waals surface area contributed by atoms with E-state index >= 15 is 0 Å². The molecule has 1 aliphatic rings. The number of nitrogens with zero attached hydrogens (tertiary/aromatic N) is 2. The summed E-state index contributed by atoms with van der Waals surface area (Å²) in [6.45, 7) is 4.73. The standard InChI is InChI=1S/C45H32N2S/c1-45(2)37-18-9-6-15-32(37)33-25-23-30(27-38(33)45)46(40-20-12-22-43-44(40)36-17-8-11-21-42(36)48-43)31-24-26-35-34-16-7-10-19-39(34)47(41(35)28-31)29-13-4-3-5-14-29/h3-28H,1-2H3. The summed E-state index contributed by atoms with van der Waals surface area (Å²) in [4.78, 5) is 2.49. The summed E-state index contributed by atoms with van der Waals surface area (Å²) in [5.74, 6) is 0. The highest BCUT2D eigenvalue weighted by Gasteiger charge is 2.36. The van der Waals surface area contributed by atoms with Gasteiger partial charge in [0, 0.05) is 53.4 Å². The lowest BCUT2D eigenvalue weighted by atomic mass is 9.82. The number of hydrogen-bond acceptors (Lipinski definition) is 2. The maximum atomic E-state index is 2.49. The predicted octanol–water partition coefficient (Wildman–Crippen LogP) is 12.9. The van der Waals surface area contributed by atoms with Crippen molar-refractivity contribution in [3.8, 4) is 16.8 Å². The highest BCUT2D eigenvalue weighted by atomic mass is 32.1. The van der Waals surface area contributed by atoms with Crippen LogP contribution in [0.3, 0.4) is 0 Å². The third-order valence-corrected chi connectivity index (χ3v) is 11.5. The number of anilines is 3. The first kappa shape index (κ1) is 27.5. The second-order valence-electron chi connectivity index (χ2n) is 13.4. The highest BCUT2D eigenvalue weighted by molar-refractivity contribution is 7.26. The molecule has 48 heavy (non-hydrogen) atoms. The molecule has 0 fully saturated rings. The van der Waals surface area contributed by atoms with Crippen molar-refractivity contribution in [3.63, 3.8) is 0 Å². The Labute approximate surface area is 283 Å². The van der Waals surface area contributed by atoms with Crippen LogP contribution in [-0.2, 0) is 5.41 Å². The molecule has 1 aliphatic carbocycles. The van der Waals surface area contributed by atoms with Crippen LogP contribution in [0.15, 0.2) is 158 Å². The minimum Gasteiger partial charge on any atom is -0.310 e. The number of fused-ring (bicyclic) bond motifs is 9. The van der Waals surface area contributed by atoms with Crippen molar-refractivity contribution in [3.05, 3.63) is 169 Å². The Hall–Kier alpha value is -5.64. The predicted molar refractivity (Wildman–Crippen MR) is 206 cm³/mol. The Balaban J connectivity index is 1.28. The molecule has 9 aromatic rings. The van der Waals surface area contributed by atoms with Crippen molar-refractivity contribution < 1.29 is 0 Å². The number of thiophene rings is 1. The minimum absolute atomic E-state index is 0.0988. The molecule has 10 rings (SSSR count). The topological polar surface area (TPSA) is 8.17 Å². The molecule has 0 amide bonds. The summed E-state index contributed by atoms with van der Waals surface area (Å²) >= 11 is 1.87. The molecule has 3 heteroatoms. The average Bonchev–Trinajstić information content (AvgIpc) is 3.75. The maximum absolute atomic E-state index is 2.49. The molecule has 0 spiro atoms. The molecule has 0 unspecified atom stereocenters. The van der Waals surface area contributed by atoms with Crippen molar-refractivity contribution in [2.75, 3.05) is 4.90 Å². The largest absolute Gasteiger partial charge is 0.310 e. The van der Waals surface area contributed by atoms with E-state index in [1.807, 2.05) is 11.3 Å². The lowest BCUT2D eigenvalue weighted by Gasteiger charge is -2.29. The Bertz CT molecular complexity index is 2710. The van der Waals surface area contributed by atoms with Crippen molar-refractivity contribution in [2.45, 2.75) is 19.3 Å². The summed E-state index contributed by atoms with van der Waals surface area (Å²) in [6.07, 6.45) is 0. The van der Waals surface area contributed by atoms with Gasteiger partial charge in [-0.05, 0) is 82.9 Å². The summed E-state index contributed by atoms with van der Waals surface area (Å²) in [5.41, 5.74) is 12.4. The Morgan fingerprint density at radius 2 is 1.17 bits per heavy atom. The van der Waals surface area contributed by atoms with E-state index in [-0.39, 0.29) is 5.41 Å². The van der Waals surface area contributed by atoms with Gasteiger partial charge in [-0.3, -0.25) is 0 Å². The molecule has 0 radical (unpaired) electrons.